The summed E-state index contributed by atoms with van der Waals surface area (Å²) in [6, 6.07) is 8.60. The van der Waals surface area contributed by atoms with Gasteiger partial charge in [0.15, 0.2) is 5.78 Å². The quantitative estimate of drug-likeness (QED) is 0.470. The molecule has 2 aromatic rings. The maximum Gasteiger partial charge on any atom is 0.311 e. The molecule has 2 rings (SSSR count). The van der Waals surface area contributed by atoms with E-state index >= 15 is 0 Å². The number of esters is 1. The predicted octanol–water partition coefficient (Wildman–Crippen LogP) is 4.28. The highest BCUT2D eigenvalue weighted by molar-refractivity contribution is 7.12. The van der Waals surface area contributed by atoms with Crippen molar-refractivity contribution in [3.8, 4) is 5.75 Å². The second kappa shape index (κ2) is 6.68. The molecule has 104 valence electrons. The van der Waals surface area contributed by atoms with Crippen LogP contribution in [0, 0.1) is 6.92 Å². The minimum absolute atomic E-state index is 0.0372. The number of benzene rings is 1. The van der Waals surface area contributed by atoms with E-state index in [9.17, 15) is 9.59 Å². The summed E-state index contributed by atoms with van der Waals surface area (Å²) in [5, 5.41) is 2.43. The molecule has 0 saturated carbocycles. The summed E-state index contributed by atoms with van der Waals surface area (Å²) >= 11 is 7.20. The van der Waals surface area contributed by atoms with Crippen LogP contribution in [0.5, 0.6) is 5.75 Å². The van der Waals surface area contributed by atoms with E-state index in [1.165, 1.54) is 11.3 Å². The number of ether oxygens (including phenoxy) is 1. The summed E-state index contributed by atoms with van der Waals surface area (Å²) in [5.41, 5.74) is 0.787. The summed E-state index contributed by atoms with van der Waals surface area (Å²) < 4.78 is 5.22. The lowest BCUT2D eigenvalue weighted by Gasteiger charge is -2.07. The average molecular weight is 309 g/mol. The van der Waals surface area contributed by atoms with Crippen LogP contribution in [-0.2, 0) is 4.79 Å². The molecule has 0 saturated heterocycles. The molecule has 0 spiro atoms. The first-order valence-corrected chi connectivity index (χ1v) is 7.35. The normalized spacial score (nSPS) is 10.3. The Hall–Kier alpha value is -1.65. The molecule has 0 bridgehead atoms. The number of Topliss-reactive ketones (excluding diaryl/α,β-unsaturated/α-hetero) is 1. The monoisotopic (exact) mass is 308 g/mol. The molecule has 0 radical (unpaired) electrons. The Kier molecular flexibility index (Phi) is 4.93. The van der Waals surface area contributed by atoms with Crippen molar-refractivity contribution in [2.24, 2.45) is 0 Å². The van der Waals surface area contributed by atoms with Crippen molar-refractivity contribution >= 4 is 34.7 Å². The fourth-order valence-electron chi connectivity index (χ4n) is 1.68. The van der Waals surface area contributed by atoms with Crippen LogP contribution < -0.4 is 4.74 Å². The fourth-order valence-corrected chi connectivity index (χ4v) is 2.60. The minimum atomic E-state index is -0.416. The van der Waals surface area contributed by atoms with Crippen LogP contribution in [0.2, 0.25) is 5.02 Å². The molecule has 0 N–H and O–H groups in total. The van der Waals surface area contributed by atoms with E-state index in [0.717, 1.165) is 5.56 Å². The van der Waals surface area contributed by atoms with E-state index in [1.54, 1.807) is 24.3 Å². The number of ketones is 1. The van der Waals surface area contributed by atoms with Gasteiger partial charge in [-0.2, -0.15) is 0 Å². The van der Waals surface area contributed by atoms with Crippen molar-refractivity contribution in [1.82, 2.24) is 0 Å². The summed E-state index contributed by atoms with van der Waals surface area (Å²) in [6.07, 6.45) is 0.227. The van der Waals surface area contributed by atoms with Gasteiger partial charge in [0.05, 0.1) is 11.3 Å². The van der Waals surface area contributed by atoms with Crippen molar-refractivity contribution in [2.45, 2.75) is 19.8 Å². The van der Waals surface area contributed by atoms with Gasteiger partial charge in [0.25, 0.3) is 0 Å². The Morgan fingerprint density at radius 2 is 2.05 bits per heavy atom. The third-order valence-electron chi connectivity index (χ3n) is 2.71. The van der Waals surface area contributed by atoms with Crippen molar-refractivity contribution in [1.29, 1.82) is 0 Å². The molecule has 0 aliphatic heterocycles. The van der Waals surface area contributed by atoms with E-state index < -0.39 is 5.97 Å². The molecule has 0 unspecified atom stereocenters. The molecular formula is C15H13ClO3S. The Morgan fingerprint density at radius 3 is 2.70 bits per heavy atom. The van der Waals surface area contributed by atoms with Gasteiger partial charge in [0.2, 0.25) is 0 Å². The Bertz CT molecular complexity index is 620. The summed E-state index contributed by atoms with van der Waals surface area (Å²) in [4.78, 5) is 24.1. The fraction of sp³-hybridized carbons (Fsp3) is 0.200. The van der Waals surface area contributed by atoms with Gasteiger partial charge in [-0.3, -0.25) is 9.59 Å². The molecule has 1 aromatic carbocycles. The highest BCUT2D eigenvalue weighted by atomic mass is 35.5. The molecule has 0 aliphatic rings. The zero-order valence-corrected chi connectivity index (χ0v) is 12.5. The highest BCUT2D eigenvalue weighted by Gasteiger charge is 2.12. The molecule has 0 aliphatic carbocycles. The van der Waals surface area contributed by atoms with E-state index in [1.807, 2.05) is 18.4 Å². The zero-order chi connectivity index (χ0) is 14.5. The van der Waals surface area contributed by atoms with Gasteiger partial charge in [-0.15, -0.1) is 11.3 Å². The molecular weight excluding hydrogens is 296 g/mol. The lowest BCUT2D eigenvalue weighted by molar-refractivity contribution is -0.134. The topological polar surface area (TPSA) is 43.4 Å². The zero-order valence-electron chi connectivity index (χ0n) is 10.9. The number of carbonyl (C=O) groups excluding carboxylic acids is 2. The second-order valence-corrected chi connectivity index (χ2v) is 5.67. The lowest BCUT2D eigenvalue weighted by atomic mass is 10.2. The molecule has 1 aromatic heterocycles. The maximum absolute atomic E-state index is 11.8. The van der Waals surface area contributed by atoms with Crippen LogP contribution in [0.25, 0.3) is 0 Å². The number of aryl methyl sites for hydroxylation is 1. The summed E-state index contributed by atoms with van der Waals surface area (Å²) in [7, 11) is 0. The first-order valence-electron chi connectivity index (χ1n) is 6.10. The van der Waals surface area contributed by atoms with Gasteiger partial charge in [-0.25, -0.2) is 0 Å². The second-order valence-electron chi connectivity index (χ2n) is 4.28. The standard InChI is InChI=1S/C15H13ClO3S/c1-10-9-11(16)4-6-13(10)19-15(18)7-5-12(17)14-3-2-8-20-14/h2-4,6,8-9H,5,7H2,1H3. The SMILES string of the molecule is Cc1cc(Cl)ccc1OC(=O)CCC(=O)c1cccs1. The number of halogens is 1. The number of thiophene rings is 1. The van der Waals surface area contributed by atoms with Gasteiger partial charge < -0.3 is 4.74 Å². The van der Waals surface area contributed by atoms with Crippen molar-refractivity contribution in [3.63, 3.8) is 0 Å². The number of rotatable bonds is 5. The Balaban J connectivity index is 1.88. The van der Waals surface area contributed by atoms with Gasteiger partial charge in [0.1, 0.15) is 5.75 Å². The minimum Gasteiger partial charge on any atom is -0.426 e. The van der Waals surface area contributed by atoms with E-state index in [2.05, 4.69) is 0 Å². The summed E-state index contributed by atoms with van der Waals surface area (Å²) in [6.45, 7) is 1.81. The van der Waals surface area contributed by atoms with Gasteiger partial charge in [-0.1, -0.05) is 17.7 Å². The predicted molar refractivity (Wildman–Crippen MR) is 79.7 cm³/mol. The van der Waals surface area contributed by atoms with Crippen LogP contribution in [0.3, 0.4) is 0 Å². The average Bonchev–Trinajstić information content (AvgIpc) is 2.93. The van der Waals surface area contributed by atoms with Crippen LogP contribution in [0.4, 0.5) is 0 Å². The van der Waals surface area contributed by atoms with Crippen LogP contribution in [0.15, 0.2) is 35.7 Å². The largest absolute Gasteiger partial charge is 0.426 e. The third kappa shape index (κ3) is 3.92. The number of carbonyl (C=O) groups is 2. The molecule has 0 fully saturated rings. The Labute approximate surface area is 126 Å². The van der Waals surface area contributed by atoms with Gasteiger partial charge >= 0.3 is 5.97 Å². The van der Waals surface area contributed by atoms with E-state index in [4.69, 9.17) is 16.3 Å². The van der Waals surface area contributed by atoms with E-state index in [-0.39, 0.29) is 18.6 Å². The van der Waals surface area contributed by atoms with Crippen LogP contribution >= 0.6 is 22.9 Å². The number of hydrogen-bond acceptors (Lipinski definition) is 4. The van der Waals surface area contributed by atoms with Crippen LogP contribution in [0.1, 0.15) is 28.1 Å². The first kappa shape index (κ1) is 14.8. The van der Waals surface area contributed by atoms with Gasteiger partial charge in [0, 0.05) is 11.4 Å². The lowest BCUT2D eigenvalue weighted by Crippen LogP contribution is -2.11. The maximum atomic E-state index is 11.8. The molecule has 1 heterocycles. The van der Waals surface area contributed by atoms with Crippen molar-refractivity contribution < 1.29 is 14.3 Å². The highest BCUT2D eigenvalue weighted by Crippen LogP contribution is 2.22. The number of hydrogen-bond donors (Lipinski definition) is 0. The molecule has 0 amide bonds. The first-order chi connectivity index (χ1) is 9.56. The van der Waals surface area contributed by atoms with E-state index in [0.29, 0.717) is 15.6 Å². The Morgan fingerprint density at radius 1 is 1.25 bits per heavy atom. The molecule has 5 heteroatoms. The van der Waals surface area contributed by atoms with Gasteiger partial charge in [-0.05, 0) is 42.1 Å². The summed E-state index contributed by atoms with van der Waals surface area (Å²) in [5.74, 6) is 0.0214. The van der Waals surface area contributed by atoms with Crippen molar-refractivity contribution in [2.75, 3.05) is 0 Å². The third-order valence-corrected chi connectivity index (χ3v) is 3.86. The smallest absolute Gasteiger partial charge is 0.311 e. The molecule has 0 atom stereocenters. The van der Waals surface area contributed by atoms with Crippen LogP contribution in [-0.4, -0.2) is 11.8 Å². The molecule has 3 nitrogen and oxygen atoms in total. The van der Waals surface area contributed by atoms with Crippen molar-refractivity contribution in [3.05, 3.63) is 51.2 Å². The molecule has 20 heavy (non-hydrogen) atoms.